The van der Waals surface area contributed by atoms with Crippen molar-refractivity contribution >= 4 is 33.3 Å². The summed E-state index contributed by atoms with van der Waals surface area (Å²) in [7, 11) is 0. The first-order chi connectivity index (χ1) is 7.15. The Kier molecular flexibility index (Phi) is 2.81. The van der Waals surface area contributed by atoms with Gasteiger partial charge in [0.05, 0.1) is 5.69 Å². The van der Waals surface area contributed by atoms with Crippen molar-refractivity contribution in [2.24, 2.45) is 0 Å². The smallest absolute Gasteiger partial charge is 0.319 e. The molecule has 0 aromatic heterocycles. The first-order valence-electron chi connectivity index (χ1n) is 4.77. The summed E-state index contributed by atoms with van der Waals surface area (Å²) in [5.41, 5.74) is 6.98. The lowest BCUT2D eigenvalue weighted by Crippen LogP contribution is -2.30. The fraction of sp³-hybridized carbons (Fsp3) is 0.300. The van der Waals surface area contributed by atoms with Crippen LogP contribution in [0, 0.1) is 0 Å². The van der Waals surface area contributed by atoms with Crippen LogP contribution in [0.1, 0.15) is 12.8 Å². The molecule has 2 rings (SSSR count). The van der Waals surface area contributed by atoms with E-state index in [9.17, 15) is 4.79 Å². The third-order valence-corrected chi connectivity index (χ3v) is 2.81. The van der Waals surface area contributed by atoms with Gasteiger partial charge in [-0.15, -0.1) is 0 Å². The van der Waals surface area contributed by atoms with Gasteiger partial charge in [0.1, 0.15) is 0 Å². The molecule has 15 heavy (non-hydrogen) atoms. The summed E-state index contributed by atoms with van der Waals surface area (Å²) in [4.78, 5) is 11.4. The number of urea groups is 1. The summed E-state index contributed by atoms with van der Waals surface area (Å²) in [6.45, 7) is 0. The minimum atomic E-state index is -0.164. The number of rotatable bonds is 2. The lowest BCUT2D eigenvalue weighted by atomic mass is 10.3. The first-order valence-corrected chi connectivity index (χ1v) is 5.57. The van der Waals surface area contributed by atoms with Crippen molar-refractivity contribution in [2.45, 2.75) is 18.9 Å². The molecule has 1 aliphatic carbocycles. The standard InChI is InChI=1S/C10H12BrN3O/c11-8-5-6(12)1-4-9(8)14-10(15)13-7-2-3-7/h1,4-5,7H,2-3,12H2,(H2,13,14,15). The maximum absolute atomic E-state index is 11.4. The highest BCUT2D eigenvalue weighted by atomic mass is 79.9. The van der Waals surface area contributed by atoms with Crippen molar-refractivity contribution in [3.63, 3.8) is 0 Å². The number of nitrogen functional groups attached to an aromatic ring is 1. The second-order valence-electron chi connectivity index (χ2n) is 3.61. The van der Waals surface area contributed by atoms with Gasteiger partial charge >= 0.3 is 6.03 Å². The molecule has 1 aliphatic rings. The maximum Gasteiger partial charge on any atom is 0.319 e. The van der Waals surface area contributed by atoms with E-state index < -0.39 is 0 Å². The van der Waals surface area contributed by atoms with Crippen LogP contribution in [-0.4, -0.2) is 12.1 Å². The number of carbonyl (C=O) groups is 1. The highest BCUT2D eigenvalue weighted by molar-refractivity contribution is 9.10. The average Bonchev–Trinajstić information content (AvgIpc) is 2.94. The average molecular weight is 270 g/mol. The van der Waals surface area contributed by atoms with Crippen LogP contribution >= 0.6 is 15.9 Å². The summed E-state index contributed by atoms with van der Waals surface area (Å²) in [5, 5.41) is 5.60. The molecule has 0 aliphatic heterocycles. The predicted octanol–water partition coefficient (Wildman–Crippen LogP) is 2.32. The Bertz CT molecular complexity index is 390. The van der Waals surface area contributed by atoms with E-state index in [0.29, 0.717) is 11.7 Å². The van der Waals surface area contributed by atoms with Crippen molar-refractivity contribution in [3.8, 4) is 0 Å². The molecular formula is C10H12BrN3O. The second kappa shape index (κ2) is 4.10. The van der Waals surface area contributed by atoms with Crippen LogP contribution in [-0.2, 0) is 0 Å². The molecule has 80 valence electrons. The minimum absolute atomic E-state index is 0.164. The monoisotopic (exact) mass is 269 g/mol. The Morgan fingerprint density at radius 3 is 2.80 bits per heavy atom. The number of carbonyl (C=O) groups excluding carboxylic acids is 1. The van der Waals surface area contributed by atoms with Gasteiger partial charge in [-0.05, 0) is 47.0 Å². The molecule has 0 unspecified atom stereocenters. The molecule has 4 nitrogen and oxygen atoms in total. The van der Waals surface area contributed by atoms with Gasteiger partial charge in [0.15, 0.2) is 0 Å². The fourth-order valence-electron chi connectivity index (χ4n) is 1.20. The maximum atomic E-state index is 11.4. The predicted molar refractivity (Wildman–Crippen MR) is 63.7 cm³/mol. The Hall–Kier alpha value is -1.23. The molecule has 0 spiro atoms. The number of benzene rings is 1. The molecule has 1 saturated carbocycles. The van der Waals surface area contributed by atoms with Crippen molar-refractivity contribution < 1.29 is 4.79 Å². The summed E-state index contributed by atoms with van der Waals surface area (Å²) in [5.74, 6) is 0. The van der Waals surface area contributed by atoms with Crippen LogP contribution in [0.15, 0.2) is 22.7 Å². The Labute approximate surface area is 96.4 Å². The third kappa shape index (κ3) is 2.86. The molecule has 1 aromatic carbocycles. The molecule has 0 bridgehead atoms. The zero-order chi connectivity index (χ0) is 10.8. The number of anilines is 2. The van der Waals surface area contributed by atoms with Gasteiger partial charge in [-0.2, -0.15) is 0 Å². The van der Waals surface area contributed by atoms with Gasteiger partial charge in [0.2, 0.25) is 0 Å². The SMILES string of the molecule is Nc1ccc(NC(=O)NC2CC2)c(Br)c1. The Morgan fingerprint density at radius 1 is 1.47 bits per heavy atom. The molecule has 0 saturated heterocycles. The highest BCUT2D eigenvalue weighted by Crippen LogP contribution is 2.25. The van der Waals surface area contributed by atoms with Crippen LogP contribution in [0.2, 0.25) is 0 Å². The van der Waals surface area contributed by atoms with E-state index in [0.717, 1.165) is 23.0 Å². The van der Waals surface area contributed by atoms with Crippen LogP contribution in [0.25, 0.3) is 0 Å². The lowest BCUT2D eigenvalue weighted by Gasteiger charge is -2.08. The zero-order valence-corrected chi connectivity index (χ0v) is 9.67. The lowest BCUT2D eigenvalue weighted by molar-refractivity contribution is 0.251. The zero-order valence-electron chi connectivity index (χ0n) is 8.09. The van der Waals surface area contributed by atoms with Crippen molar-refractivity contribution in [3.05, 3.63) is 22.7 Å². The van der Waals surface area contributed by atoms with Gasteiger partial charge in [0.25, 0.3) is 0 Å². The number of nitrogens with one attached hydrogen (secondary N) is 2. The molecule has 5 heteroatoms. The summed E-state index contributed by atoms with van der Waals surface area (Å²) < 4.78 is 0.786. The van der Waals surface area contributed by atoms with Crippen LogP contribution in [0.5, 0.6) is 0 Å². The highest BCUT2D eigenvalue weighted by Gasteiger charge is 2.23. The van der Waals surface area contributed by atoms with E-state index in [1.54, 1.807) is 18.2 Å². The van der Waals surface area contributed by atoms with E-state index in [4.69, 9.17) is 5.73 Å². The number of hydrogen-bond donors (Lipinski definition) is 3. The quantitative estimate of drug-likeness (QED) is 0.722. The number of nitrogens with two attached hydrogens (primary N) is 1. The first kappa shape index (κ1) is 10.3. The third-order valence-electron chi connectivity index (χ3n) is 2.15. The Balaban J connectivity index is 1.99. The van der Waals surface area contributed by atoms with Gasteiger partial charge in [-0.25, -0.2) is 4.79 Å². The largest absolute Gasteiger partial charge is 0.399 e. The number of amides is 2. The van der Waals surface area contributed by atoms with Crippen LogP contribution < -0.4 is 16.4 Å². The molecule has 2 amide bonds. The van der Waals surface area contributed by atoms with Crippen LogP contribution in [0.4, 0.5) is 16.2 Å². The summed E-state index contributed by atoms with van der Waals surface area (Å²) in [6, 6.07) is 5.47. The topological polar surface area (TPSA) is 67.1 Å². The number of halogens is 1. The molecular weight excluding hydrogens is 258 g/mol. The molecule has 1 aromatic rings. The molecule has 0 heterocycles. The second-order valence-corrected chi connectivity index (χ2v) is 4.47. The fourth-order valence-corrected chi connectivity index (χ4v) is 1.70. The molecule has 4 N–H and O–H groups in total. The van der Waals surface area contributed by atoms with E-state index in [1.807, 2.05) is 0 Å². The van der Waals surface area contributed by atoms with Gasteiger partial charge in [-0.1, -0.05) is 0 Å². The van der Waals surface area contributed by atoms with Gasteiger partial charge in [-0.3, -0.25) is 0 Å². The van der Waals surface area contributed by atoms with Crippen molar-refractivity contribution in [1.29, 1.82) is 0 Å². The van der Waals surface area contributed by atoms with E-state index in [1.165, 1.54) is 0 Å². The normalized spacial score (nSPS) is 14.7. The Morgan fingerprint density at radius 2 is 2.20 bits per heavy atom. The van der Waals surface area contributed by atoms with Crippen molar-refractivity contribution in [2.75, 3.05) is 11.1 Å². The van der Waals surface area contributed by atoms with E-state index in [2.05, 4.69) is 26.6 Å². The molecule has 1 fully saturated rings. The minimum Gasteiger partial charge on any atom is -0.399 e. The van der Waals surface area contributed by atoms with E-state index >= 15 is 0 Å². The molecule has 0 atom stereocenters. The molecule has 0 radical (unpaired) electrons. The summed E-state index contributed by atoms with van der Waals surface area (Å²) in [6.07, 6.45) is 2.16. The van der Waals surface area contributed by atoms with E-state index in [-0.39, 0.29) is 6.03 Å². The summed E-state index contributed by atoms with van der Waals surface area (Å²) >= 11 is 3.33. The van der Waals surface area contributed by atoms with Gasteiger partial charge in [0, 0.05) is 16.2 Å². The number of hydrogen-bond acceptors (Lipinski definition) is 2. The van der Waals surface area contributed by atoms with Gasteiger partial charge < -0.3 is 16.4 Å². The van der Waals surface area contributed by atoms with Crippen LogP contribution in [0.3, 0.4) is 0 Å². The van der Waals surface area contributed by atoms with Crippen molar-refractivity contribution in [1.82, 2.24) is 5.32 Å².